The largest absolute Gasteiger partial charge is 0.494 e. The van der Waals surface area contributed by atoms with Crippen LogP contribution in [0.15, 0.2) is 53.5 Å². The van der Waals surface area contributed by atoms with Gasteiger partial charge in [-0.25, -0.2) is 4.99 Å². The van der Waals surface area contributed by atoms with E-state index in [4.69, 9.17) is 10.5 Å². The predicted octanol–water partition coefficient (Wildman–Crippen LogP) is 0.313. The summed E-state index contributed by atoms with van der Waals surface area (Å²) in [5, 5.41) is 22.9. The van der Waals surface area contributed by atoms with Gasteiger partial charge < -0.3 is 42.2 Å². The number of anilines is 1. The van der Waals surface area contributed by atoms with E-state index in [1.165, 1.54) is 0 Å². The Morgan fingerprint density at radius 3 is 2.51 bits per heavy atom. The smallest absolute Gasteiger partial charge is 0.305 e. The summed E-state index contributed by atoms with van der Waals surface area (Å²) in [4.78, 5) is 53.5. The molecule has 0 radical (unpaired) electrons. The number of benzene rings is 2. The molecule has 3 rings (SSSR count). The SMILES string of the molecule is NCCCOc1ccc(NC(=O)[C@H](CC(=O)O)NC(=O)CNC(=O)c2cccc(N=C3NCCCN3)c2)cc1. The molecule has 1 fully saturated rings. The first-order chi connectivity index (χ1) is 18.8. The summed E-state index contributed by atoms with van der Waals surface area (Å²) in [6.45, 7) is 2.12. The molecule has 0 bridgehead atoms. The van der Waals surface area contributed by atoms with Gasteiger partial charge in [0.2, 0.25) is 11.8 Å². The van der Waals surface area contributed by atoms with Crippen LogP contribution in [0.1, 0.15) is 29.6 Å². The number of carbonyl (C=O) groups excluding carboxylic acids is 3. The van der Waals surface area contributed by atoms with Gasteiger partial charge in [-0.2, -0.15) is 0 Å². The first-order valence-electron chi connectivity index (χ1n) is 12.5. The number of aliphatic carboxylic acids is 1. The normalized spacial score (nSPS) is 13.2. The van der Waals surface area contributed by atoms with Crippen molar-refractivity contribution in [3.05, 3.63) is 54.1 Å². The summed E-state index contributed by atoms with van der Waals surface area (Å²) in [6, 6.07) is 11.7. The van der Waals surface area contributed by atoms with Crippen LogP contribution in [0.3, 0.4) is 0 Å². The maximum atomic E-state index is 12.7. The molecule has 0 saturated carbocycles. The molecule has 1 aliphatic heterocycles. The maximum absolute atomic E-state index is 12.7. The molecule has 1 aliphatic rings. The van der Waals surface area contributed by atoms with Gasteiger partial charge in [-0.15, -0.1) is 0 Å². The molecule has 3 amide bonds. The van der Waals surface area contributed by atoms with Crippen molar-refractivity contribution < 1.29 is 29.0 Å². The Kier molecular flexibility index (Phi) is 11.1. The molecule has 0 aliphatic carbocycles. The minimum atomic E-state index is -1.36. The van der Waals surface area contributed by atoms with Gasteiger partial charge in [-0.1, -0.05) is 6.07 Å². The van der Waals surface area contributed by atoms with Crippen molar-refractivity contribution in [2.24, 2.45) is 10.7 Å². The highest BCUT2D eigenvalue weighted by atomic mass is 16.5. The first kappa shape index (κ1) is 28.9. The Morgan fingerprint density at radius 1 is 1.08 bits per heavy atom. The van der Waals surface area contributed by atoms with Gasteiger partial charge in [-0.3, -0.25) is 19.2 Å². The third-order valence-corrected chi connectivity index (χ3v) is 5.47. The van der Waals surface area contributed by atoms with Crippen LogP contribution in [0.5, 0.6) is 5.75 Å². The number of amides is 3. The molecule has 2 aromatic rings. The van der Waals surface area contributed by atoms with Gasteiger partial charge in [0, 0.05) is 24.3 Å². The fourth-order valence-electron chi connectivity index (χ4n) is 3.52. The van der Waals surface area contributed by atoms with Gasteiger partial charge >= 0.3 is 5.97 Å². The molecule has 208 valence electrons. The highest BCUT2D eigenvalue weighted by Gasteiger charge is 2.24. The lowest BCUT2D eigenvalue weighted by atomic mass is 10.1. The first-order valence-corrected chi connectivity index (χ1v) is 12.5. The van der Waals surface area contributed by atoms with E-state index >= 15 is 0 Å². The second-order valence-corrected chi connectivity index (χ2v) is 8.62. The van der Waals surface area contributed by atoms with Crippen LogP contribution in [0.25, 0.3) is 0 Å². The van der Waals surface area contributed by atoms with Crippen molar-refractivity contribution >= 4 is 41.0 Å². The second kappa shape index (κ2) is 14.9. The molecule has 13 heteroatoms. The van der Waals surface area contributed by atoms with Gasteiger partial charge in [-0.05, 0) is 61.9 Å². The molecular weight excluding hydrogens is 506 g/mol. The summed E-state index contributed by atoms with van der Waals surface area (Å²) in [5.41, 5.74) is 6.67. The lowest BCUT2D eigenvalue weighted by molar-refractivity contribution is -0.139. The number of aliphatic imine (C=N–C) groups is 1. The Hall–Kier alpha value is -4.65. The van der Waals surface area contributed by atoms with E-state index in [0.29, 0.717) is 42.7 Å². The zero-order valence-corrected chi connectivity index (χ0v) is 21.4. The molecule has 0 aromatic heterocycles. The third kappa shape index (κ3) is 9.97. The molecule has 0 spiro atoms. The van der Waals surface area contributed by atoms with E-state index in [-0.39, 0.29) is 5.56 Å². The number of nitrogens with two attached hydrogens (primary N) is 1. The standard InChI is InChI=1S/C26H33N7O6/c27-10-2-13-39-20-8-6-18(7-9-20)31-25(38)21(15-23(35)36)33-22(34)16-30-24(37)17-4-1-5-19(14-17)32-26-28-11-3-12-29-26/h1,4-9,14,21H,2-3,10-13,15-16,27H2,(H,30,37)(H,31,38)(H,33,34)(H,35,36)(H2,28,29,32)/t21-/m0/s1. The van der Waals surface area contributed by atoms with Crippen LogP contribution in [-0.4, -0.2) is 73.6 Å². The summed E-state index contributed by atoms with van der Waals surface area (Å²) >= 11 is 0. The maximum Gasteiger partial charge on any atom is 0.305 e. The van der Waals surface area contributed by atoms with Crippen molar-refractivity contribution in [2.75, 3.05) is 38.1 Å². The lowest BCUT2D eigenvalue weighted by Crippen LogP contribution is -2.48. The summed E-state index contributed by atoms with van der Waals surface area (Å²) < 4.78 is 5.50. The highest BCUT2D eigenvalue weighted by molar-refractivity contribution is 6.01. The molecule has 1 saturated heterocycles. The van der Waals surface area contributed by atoms with Gasteiger partial charge in [0.25, 0.3) is 5.91 Å². The number of carboxylic acids is 1. The number of carboxylic acid groups (broad SMARTS) is 1. The lowest BCUT2D eigenvalue weighted by Gasteiger charge is -2.18. The third-order valence-electron chi connectivity index (χ3n) is 5.47. The average molecular weight is 540 g/mol. The molecule has 2 aromatic carbocycles. The summed E-state index contributed by atoms with van der Waals surface area (Å²) in [6.07, 6.45) is 1.04. The van der Waals surface area contributed by atoms with E-state index in [0.717, 1.165) is 19.5 Å². The highest BCUT2D eigenvalue weighted by Crippen LogP contribution is 2.17. The minimum Gasteiger partial charge on any atom is -0.494 e. The zero-order chi connectivity index (χ0) is 28.0. The fraction of sp³-hybridized carbons (Fsp3) is 0.346. The number of hydrogen-bond donors (Lipinski definition) is 7. The Labute approximate surface area is 225 Å². The topological polar surface area (TPSA) is 196 Å². The van der Waals surface area contributed by atoms with Crippen molar-refractivity contribution in [3.8, 4) is 5.75 Å². The van der Waals surface area contributed by atoms with Crippen molar-refractivity contribution in [1.29, 1.82) is 0 Å². The monoisotopic (exact) mass is 539 g/mol. The summed E-state index contributed by atoms with van der Waals surface area (Å²) in [5.74, 6) is -2.03. The van der Waals surface area contributed by atoms with E-state index < -0.39 is 42.7 Å². The van der Waals surface area contributed by atoms with Gasteiger partial charge in [0.05, 0.1) is 25.3 Å². The molecule has 13 nitrogen and oxygen atoms in total. The Bertz CT molecular complexity index is 1180. The molecule has 8 N–H and O–H groups in total. The van der Waals surface area contributed by atoms with Crippen LogP contribution < -0.4 is 37.1 Å². The molecule has 1 atom stereocenters. The van der Waals surface area contributed by atoms with E-state index in [2.05, 4.69) is 31.6 Å². The minimum absolute atomic E-state index is 0.288. The fourth-order valence-corrected chi connectivity index (χ4v) is 3.52. The van der Waals surface area contributed by atoms with Crippen LogP contribution in [0, 0.1) is 0 Å². The van der Waals surface area contributed by atoms with Gasteiger partial charge in [0.15, 0.2) is 5.96 Å². The second-order valence-electron chi connectivity index (χ2n) is 8.62. The van der Waals surface area contributed by atoms with Crippen molar-refractivity contribution in [1.82, 2.24) is 21.3 Å². The van der Waals surface area contributed by atoms with Crippen LogP contribution in [-0.2, 0) is 14.4 Å². The number of hydrogen-bond acceptors (Lipinski definition) is 7. The molecule has 1 heterocycles. The number of rotatable bonds is 13. The number of guanidine groups is 1. The molecule has 0 unspecified atom stereocenters. The molecule has 39 heavy (non-hydrogen) atoms. The quantitative estimate of drug-likeness (QED) is 0.175. The Balaban J connectivity index is 1.53. The van der Waals surface area contributed by atoms with Crippen LogP contribution in [0.2, 0.25) is 0 Å². The number of ether oxygens (including phenoxy) is 1. The van der Waals surface area contributed by atoms with Crippen LogP contribution >= 0.6 is 0 Å². The van der Waals surface area contributed by atoms with E-state index in [1.807, 2.05) is 0 Å². The number of carbonyl (C=O) groups is 4. The summed E-state index contributed by atoms with van der Waals surface area (Å²) in [7, 11) is 0. The van der Waals surface area contributed by atoms with E-state index in [9.17, 15) is 24.3 Å². The molecular formula is C26H33N7O6. The average Bonchev–Trinajstić information content (AvgIpc) is 2.93. The Morgan fingerprint density at radius 2 is 1.82 bits per heavy atom. The number of nitrogens with zero attached hydrogens (tertiary/aromatic N) is 1. The van der Waals surface area contributed by atoms with E-state index in [1.54, 1.807) is 48.5 Å². The van der Waals surface area contributed by atoms with Crippen molar-refractivity contribution in [3.63, 3.8) is 0 Å². The van der Waals surface area contributed by atoms with Crippen molar-refractivity contribution in [2.45, 2.75) is 25.3 Å². The van der Waals surface area contributed by atoms with Crippen LogP contribution in [0.4, 0.5) is 11.4 Å². The predicted molar refractivity (Wildman–Crippen MR) is 145 cm³/mol. The zero-order valence-electron chi connectivity index (χ0n) is 21.4. The number of nitrogens with one attached hydrogen (secondary N) is 5. The van der Waals surface area contributed by atoms with Gasteiger partial charge in [0.1, 0.15) is 11.8 Å².